The standard InChI is InChI=1S/C29H34O17/c1-10-19(35)21(37)23(39)28(42-10)45-26-17(9-31)44-29(24(40)22(26)38)46-27-20(36)18-15(34)7-12(41-5-4-30)8-16(18)43-25(27)11-2-3-13(32)14(33)6-11/h2-3,6-8,10,17,19,21-24,26,28-35,37-40H,4-5,9H2,1H3/t10-,17+,19-,21+,22+,23+,24+,26+,28-,29-/m0/s1. The Morgan fingerprint density at radius 3 is 2.20 bits per heavy atom. The molecule has 2 fully saturated rings. The number of fused-ring (bicyclic) bond motifs is 1. The van der Waals surface area contributed by atoms with Crippen LogP contribution in [0.1, 0.15) is 6.92 Å². The number of phenols is 3. The van der Waals surface area contributed by atoms with Crippen LogP contribution in [0.5, 0.6) is 28.7 Å². The van der Waals surface area contributed by atoms with Crippen LogP contribution in [0.4, 0.5) is 0 Å². The van der Waals surface area contributed by atoms with Gasteiger partial charge in [-0.2, -0.15) is 0 Å². The molecule has 0 aliphatic carbocycles. The molecular formula is C29H34O17. The first-order chi connectivity index (χ1) is 21.9. The smallest absolute Gasteiger partial charge is 0.239 e. The Balaban J connectivity index is 1.51. The molecule has 2 aliphatic heterocycles. The predicted octanol–water partition coefficient (Wildman–Crippen LogP) is -2.02. The maximum atomic E-state index is 13.8. The van der Waals surface area contributed by atoms with Crippen molar-refractivity contribution in [3.63, 3.8) is 0 Å². The Morgan fingerprint density at radius 1 is 0.804 bits per heavy atom. The van der Waals surface area contributed by atoms with Crippen LogP contribution in [0.25, 0.3) is 22.3 Å². The van der Waals surface area contributed by atoms with Gasteiger partial charge in [-0.25, -0.2) is 0 Å². The first kappa shape index (κ1) is 33.6. The molecule has 5 rings (SSSR count). The SMILES string of the molecule is C[C@@H]1O[C@@H](O[C@H]2[C@H](O)[C@@H](O)[C@H](Oc3c(-c4ccc(O)c(O)c4)oc4cc(OCCO)cc(O)c4c3=O)O[C@@H]2CO)[C@H](O)[C@H](O)[C@H]1O. The zero-order valence-corrected chi connectivity index (χ0v) is 24.1. The summed E-state index contributed by atoms with van der Waals surface area (Å²) in [6.07, 6.45) is -16.4. The third kappa shape index (κ3) is 6.29. The minimum absolute atomic E-state index is 0.0189. The summed E-state index contributed by atoms with van der Waals surface area (Å²) in [5.41, 5.74) is -1.23. The van der Waals surface area contributed by atoms with Crippen LogP contribution in [0.15, 0.2) is 39.5 Å². The molecule has 0 spiro atoms. The fourth-order valence-corrected chi connectivity index (χ4v) is 5.18. The predicted molar refractivity (Wildman–Crippen MR) is 151 cm³/mol. The summed E-state index contributed by atoms with van der Waals surface area (Å²) >= 11 is 0. The summed E-state index contributed by atoms with van der Waals surface area (Å²) < 4.78 is 33.6. The second-order valence-corrected chi connectivity index (χ2v) is 10.8. The van der Waals surface area contributed by atoms with Gasteiger partial charge in [0.2, 0.25) is 17.5 Å². The van der Waals surface area contributed by atoms with Gasteiger partial charge in [0.15, 0.2) is 23.5 Å². The van der Waals surface area contributed by atoms with E-state index in [1.165, 1.54) is 19.1 Å². The molecule has 17 nitrogen and oxygen atoms in total. The summed E-state index contributed by atoms with van der Waals surface area (Å²) in [5.74, 6) is -2.73. The third-order valence-corrected chi connectivity index (χ3v) is 7.66. The van der Waals surface area contributed by atoms with Crippen molar-refractivity contribution in [1.29, 1.82) is 0 Å². The maximum Gasteiger partial charge on any atom is 0.239 e. The minimum atomic E-state index is -2.00. The average Bonchev–Trinajstić information content (AvgIpc) is 3.03. The third-order valence-electron chi connectivity index (χ3n) is 7.66. The van der Waals surface area contributed by atoms with Crippen molar-refractivity contribution >= 4 is 11.0 Å². The highest BCUT2D eigenvalue weighted by molar-refractivity contribution is 5.88. The Hall–Kier alpha value is -3.75. The summed E-state index contributed by atoms with van der Waals surface area (Å²) in [7, 11) is 0. The van der Waals surface area contributed by atoms with Crippen LogP contribution in [-0.2, 0) is 14.2 Å². The Kier molecular flexibility index (Phi) is 9.89. The van der Waals surface area contributed by atoms with Crippen molar-refractivity contribution in [2.75, 3.05) is 19.8 Å². The molecule has 2 aromatic carbocycles. The lowest BCUT2D eigenvalue weighted by Gasteiger charge is -2.45. The van der Waals surface area contributed by atoms with Crippen molar-refractivity contribution < 1.29 is 79.2 Å². The first-order valence-corrected chi connectivity index (χ1v) is 14.1. The number of phenolic OH excluding ortho intramolecular Hbond substituents is 3. The van der Waals surface area contributed by atoms with Crippen molar-refractivity contribution in [3.05, 3.63) is 40.6 Å². The van der Waals surface area contributed by atoms with E-state index in [9.17, 15) is 50.8 Å². The van der Waals surface area contributed by atoms with E-state index in [4.69, 9.17) is 33.2 Å². The van der Waals surface area contributed by atoms with Gasteiger partial charge in [-0.3, -0.25) is 4.79 Å². The topological polar surface area (TPSA) is 279 Å². The number of aromatic hydroxyl groups is 3. The Bertz CT molecular complexity index is 1590. The number of hydrogen-bond donors (Lipinski definition) is 10. The molecule has 0 unspecified atom stereocenters. The lowest BCUT2D eigenvalue weighted by atomic mass is 9.97. The van der Waals surface area contributed by atoms with Crippen LogP contribution in [0.2, 0.25) is 0 Å². The molecule has 10 N–H and O–H groups in total. The number of aliphatic hydroxyl groups excluding tert-OH is 7. The fraction of sp³-hybridized carbons (Fsp3) is 0.483. The molecule has 0 amide bonds. The van der Waals surface area contributed by atoms with Gasteiger partial charge in [-0.05, 0) is 25.1 Å². The molecule has 17 heteroatoms. The number of rotatable bonds is 9. The average molecular weight is 655 g/mol. The quantitative estimate of drug-likeness (QED) is 0.111. The maximum absolute atomic E-state index is 13.8. The van der Waals surface area contributed by atoms with Gasteiger partial charge in [0, 0.05) is 17.7 Å². The molecule has 0 bridgehead atoms. The molecule has 2 saturated heterocycles. The molecule has 2 aliphatic rings. The zero-order chi connectivity index (χ0) is 33.4. The normalized spacial score (nSPS) is 31.6. The molecule has 1 aromatic heterocycles. The molecule has 3 aromatic rings. The molecular weight excluding hydrogens is 620 g/mol. The molecule has 252 valence electrons. The summed E-state index contributed by atoms with van der Waals surface area (Å²) in [4.78, 5) is 13.8. The lowest BCUT2D eigenvalue weighted by Crippen LogP contribution is -2.64. The highest BCUT2D eigenvalue weighted by atomic mass is 16.7. The molecule has 0 saturated carbocycles. The van der Waals surface area contributed by atoms with Crippen molar-refractivity contribution in [2.45, 2.75) is 68.3 Å². The van der Waals surface area contributed by atoms with Gasteiger partial charge in [0.25, 0.3) is 0 Å². The minimum Gasteiger partial charge on any atom is -0.507 e. The number of hydrogen-bond acceptors (Lipinski definition) is 17. The van der Waals surface area contributed by atoms with Gasteiger partial charge in [0.1, 0.15) is 71.8 Å². The summed E-state index contributed by atoms with van der Waals surface area (Å²) in [6.45, 7) is 0.0640. The van der Waals surface area contributed by atoms with Crippen molar-refractivity contribution in [3.8, 4) is 40.1 Å². The van der Waals surface area contributed by atoms with Gasteiger partial charge in [-0.15, -0.1) is 0 Å². The van der Waals surface area contributed by atoms with Gasteiger partial charge >= 0.3 is 0 Å². The molecule has 3 heterocycles. The Labute approximate surface area is 259 Å². The van der Waals surface area contributed by atoms with Crippen LogP contribution >= 0.6 is 0 Å². The molecule has 46 heavy (non-hydrogen) atoms. The summed E-state index contributed by atoms with van der Waals surface area (Å²) in [5, 5.41) is 102. The highest BCUT2D eigenvalue weighted by Gasteiger charge is 2.51. The van der Waals surface area contributed by atoms with E-state index in [0.29, 0.717) is 0 Å². The molecule has 10 atom stereocenters. The van der Waals surface area contributed by atoms with Gasteiger partial charge in [0.05, 0.1) is 19.3 Å². The van der Waals surface area contributed by atoms with E-state index in [-0.39, 0.29) is 35.9 Å². The highest BCUT2D eigenvalue weighted by Crippen LogP contribution is 2.40. The van der Waals surface area contributed by atoms with E-state index in [2.05, 4.69) is 0 Å². The van der Waals surface area contributed by atoms with E-state index in [0.717, 1.165) is 18.2 Å². The van der Waals surface area contributed by atoms with E-state index < -0.39 is 102 Å². The van der Waals surface area contributed by atoms with E-state index >= 15 is 0 Å². The van der Waals surface area contributed by atoms with Crippen LogP contribution in [-0.4, -0.2) is 132 Å². The number of benzene rings is 2. The van der Waals surface area contributed by atoms with Crippen LogP contribution in [0.3, 0.4) is 0 Å². The van der Waals surface area contributed by atoms with Gasteiger partial charge < -0.3 is 79.2 Å². The summed E-state index contributed by atoms with van der Waals surface area (Å²) in [6, 6.07) is 5.72. The monoisotopic (exact) mass is 654 g/mol. The lowest BCUT2D eigenvalue weighted by molar-refractivity contribution is -0.349. The second kappa shape index (κ2) is 13.5. The zero-order valence-electron chi connectivity index (χ0n) is 24.1. The second-order valence-electron chi connectivity index (χ2n) is 10.8. The van der Waals surface area contributed by atoms with Crippen molar-refractivity contribution in [2.24, 2.45) is 0 Å². The van der Waals surface area contributed by atoms with Crippen molar-refractivity contribution in [1.82, 2.24) is 0 Å². The van der Waals surface area contributed by atoms with Gasteiger partial charge in [-0.1, -0.05) is 0 Å². The van der Waals surface area contributed by atoms with Crippen LogP contribution < -0.4 is 14.9 Å². The molecule has 0 radical (unpaired) electrons. The van der Waals surface area contributed by atoms with E-state index in [1.807, 2.05) is 0 Å². The largest absolute Gasteiger partial charge is 0.507 e. The number of ether oxygens (including phenoxy) is 5. The fourth-order valence-electron chi connectivity index (χ4n) is 5.18. The van der Waals surface area contributed by atoms with Crippen LogP contribution in [0, 0.1) is 0 Å². The van der Waals surface area contributed by atoms with E-state index in [1.54, 1.807) is 0 Å². The number of aliphatic hydroxyl groups is 7. The first-order valence-electron chi connectivity index (χ1n) is 14.1. The Morgan fingerprint density at radius 2 is 1.52 bits per heavy atom.